The number of aromatic nitrogens is 4. The van der Waals surface area contributed by atoms with Gasteiger partial charge in [0.2, 0.25) is 0 Å². The second kappa shape index (κ2) is 29.3. The SMILES string of the molecule is [2H]C([2H])([2H])[C@]12CC[C@H](O)CC1=CCC1C3CC=C(c4cccnc4)[C@@]3(C)CCC12.[2H]C([2H])([2H])[C@]12CC[C@H](OC(C)=O)CC1=CCC1C3CC=C(c4cccnc4)[C@@]3(C)CCC12.[2H]C1([2H])C[C@H](O)CC2=CCC3C(CC[C@]4(C)C(c5cccnc5)=CCC34)[C@]21C.[2H]C1([2H])C[C@H](OC(C)=O)CC2=CCC3C(CC[C@]4(C)C(c5cccnc5)=CCC34)[C@]21C. The second-order valence-electron chi connectivity index (χ2n) is 38.3. The number of fused-ring (bicyclic) bond motifs is 20. The van der Waals surface area contributed by atoms with Crippen LogP contribution in [-0.4, -0.2) is 66.5 Å². The Labute approximate surface area is 672 Å². The van der Waals surface area contributed by atoms with Gasteiger partial charge in [0.05, 0.1) is 12.2 Å². The van der Waals surface area contributed by atoms with E-state index in [0.717, 1.165) is 114 Å². The number of hydrogen-bond donors (Lipinski definition) is 2. The van der Waals surface area contributed by atoms with Crippen molar-refractivity contribution >= 4 is 34.2 Å². The number of pyridine rings is 4. The van der Waals surface area contributed by atoms with Crippen LogP contribution in [-0.2, 0) is 19.1 Å². The Hall–Kier alpha value is -6.62. The highest BCUT2D eigenvalue weighted by atomic mass is 16.5. The number of carbonyl (C=O) groups is 2. The molecule has 0 aliphatic heterocycles. The van der Waals surface area contributed by atoms with E-state index in [1.807, 2.05) is 73.8 Å². The van der Waals surface area contributed by atoms with Crippen LogP contribution in [0, 0.1) is 114 Å². The maximum Gasteiger partial charge on any atom is 0.302 e. The molecule has 8 fully saturated rings. The van der Waals surface area contributed by atoms with Crippen molar-refractivity contribution in [1.29, 1.82) is 0 Å². The highest BCUT2D eigenvalue weighted by Gasteiger charge is 2.62. The van der Waals surface area contributed by atoms with Crippen LogP contribution in [0.3, 0.4) is 0 Å². The van der Waals surface area contributed by atoms with Gasteiger partial charge in [0.25, 0.3) is 0 Å². The number of allylic oxidation sites excluding steroid dienone is 12. The molecule has 8 saturated carbocycles. The zero-order valence-electron chi connectivity index (χ0n) is 76.8. The van der Waals surface area contributed by atoms with Crippen molar-refractivity contribution in [2.24, 2.45) is 114 Å². The van der Waals surface area contributed by atoms with Crippen LogP contribution in [0.2, 0.25) is 0 Å². The number of carbonyl (C=O) groups excluding carboxylic acids is 2. The van der Waals surface area contributed by atoms with Crippen LogP contribution in [0.25, 0.3) is 22.3 Å². The summed E-state index contributed by atoms with van der Waals surface area (Å²) in [7, 11) is 0. The molecule has 4 aromatic rings. The van der Waals surface area contributed by atoms with Gasteiger partial charge in [-0.25, -0.2) is 0 Å². The zero-order chi connectivity index (χ0) is 84.9. The van der Waals surface area contributed by atoms with Gasteiger partial charge >= 0.3 is 11.9 Å². The van der Waals surface area contributed by atoms with Crippen molar-refractivity contribution in [3.63, 3.8) is 0 Å². The monoisotopic (exact) mass is 1490 g/mol. The zero-order valence-corrected chi connectivity index (χ0v) is 66.8. The van der Waals surface area contributed by atoms with Crippen molar-refractivity contribution in [3.05, 3.63) is 191 Å². The number of hydrogen-bond acceptors (Lipinski definition) is 10. The molecular weight excluding hydrogens is 1350 g/mol. The molecule has 0 amide bonds. The maximum atomic E-state index is 11.5. The summed E-state index contributed by atoms with van der Waals surface area (Å²) in [6.07, 6.45) is 51.6. The summed E-state index contributed by atoms with van der Waals surface area (Å²) in [6, 6.07) is 16.7. The molecule has 0 saturated heterocycles. The second-order valence-corrected chi connectivity index (χ2v) is 38.3. The lowest BCUT2D eigenvalue weighted by Gasteiger charge is -2.57. The van der Waals surface area contributed by atoms with Crippen molar-refractivity contribution < 1.29 is 43.0 Å². The Bertz CT molecular complexity index is 4830. The molecule has 16 aliphatic carbocycles. The van der Waals surface area contributed by atoms with Gasteiger partial charge in [0.1, 0.15) is 12.2 Å². The third kappa shape index (κ3) is 12.9. The fourth-order valence-corrected chi connectivity index (χ4v) is 27.9. The normalized spacial score (nSPS) is 45.0. The molecule has 10 nitrogen and oxygen atoms in total. The Kier molecular flexibility index (Phi) is 17.3. The first-order valence-corrected chi connectivity index (χ1v) is 42.8. The lowest BCUT2D eigenvalue weighted by molar-refractivity contribution is -0.149. The molecule has 0 spiro atoms. The van der Waals surface area contributed by atoms with Crippen molar-refractivity contribution in [2.75, 3.05) is 0 Å². The molecule has 0 aromatic carbocycles. The largest absolute Gasteiger partial charge is 0.462 e. The average molecular weight is 1490 g/mol. The van der Waals surface area contributed by atoms with Gasteiger partial charge in [0, 0.05) is 90.0 Å². The van der Waals surface area contributed by atoms with E-state index in [1.54, 1.807) is 0 Å². The summed E-state index contributed by atoms with van der Waals surface area (Å²) in [5.74, 6) is 4.29. The summed E-state index contributed by atoms with van der Waals surface area (Å²) < 4.78 is 98.4. The molecule has 2 N–H and O–H groups in total. The lowest BCUT2D eigenvalue weighted by atomic mass is 9.47. The standard InChI is InChI=1S/2C26H33NO2.2C24H31NO/c2*1-17(28)29-20-10-12-25(2)19(15-20)6-7-21-23-9-8-22(18-5-4-14-27-16-18)26(23,3)13-11-24(21)25;2*1-23-11-9-18(26)14-17(23)5-6-19-21-8-7-20(16-4-3-13-25-15-16)24(21,2)12-10-22(19)23/h2*4-6,8,14,16,20-21,23-24H,7,9-13,15H2,1-3H3;2*3-5,7,13,15,18-19,21-22,26H,6,8-12,14H2,1-2H3/t2*20-,21?,23?,24?,25-,26+;2*18-,19?,21?,22?,23-,24+/m0000/s1/i12D2;2D3;11D2;1D3. The summed E-state index contributed by atoms with van der Waals surface area (Å²) >= 11 is 0. The van der Waals surface area contributed by atoms with Gasteiger partial charge in [-0.3, -0.25) is 29.5 Å². The number of ether oxygens (including phenoxy) is 2. The smallest absolute Gasteiger partial charge is 0.302 e. The molecule has 0 bridgehead atoms. The molecule has 584 valence electrons. The molecular formula is C100H128N4O6. The van der Waals surface area contributed by atoms with E-state index < -0.39 is 54.2 Å². The maximum absolute atomic E-state index is 11.5. The van der Waals surface area contributed by atoms with E-state index >= 15 is 0 Å². The quantitative estimate of drug-likeness (QED) is 0.141. The van der Waals surface area contributed by atoms with Crippen LogP contribution in [0.15, 0.2) is 169 Å². The predicted molar refractivity (Wildman–Crippen MR) is 440 cm³/mol. The highest BCUT2D eigenvalue weighted by Crippen LogP contribution is 2.72. The molecule has 20 rings (SSSR count). The van der Waals surface area contributed by atoms with Gasteiger partial charge in [-0.15, -0.1) is 0 Å². The number of esters is 2. The Morgan fingerprint density at radius 3 is 0.991 bits per heavy atom. The van der Waals surface area contributed by atoms with E-state index in [1.165, 1.54) is 69.5 Å². The van der Waals surface area contributed by atoms with Gasteiger partial charge in [-0.2, -0.15) is 0 Å². The van der Waals surface area contributed by atoms with E-state index in [9.17, 15) is 19.8 Å². The van der Waals surface area contributed by atoms with Crippen LogP contribution in [0.4, 0.5) is 0 Å². The fraction of sp³-hybridized carbons (Fsp3) is 0.620. The van der Waals surface area contributed by atoms with E-state index in [4.69, 9.17) is 23.2 Å². The van der Waals surface area contributed by atoms with Gasteiger partial charge < -0.3 is 19.7 Å². The minimum atomic E-state index is -2.05. The first-order valence-electron chi connectivity index (χ1n) is 47.8. The molecule has 16 aliphatic rings. The van der Waals surface area contributed by atoms with E-state index in [-0.39, 0.29) is 70.2 Å². The van der Waals surface area contributed by atoms with Crippen LogP contribution < -0.4 is 0 Å². The molecule has 24 atom stereocenters. The summed E-state index contributed by atoms with van der Waals surface area (Å²) in [4.78, 5) is 40.4. The minimum absolute atomic E-state index is 0.0699. The Morgan fingerprint density at radius 2 is 0.655 bits per heavy atom. The average Bonchev–Trinajstić information content (AvgIpc) is 1.54. The van der Waals surface area contributed by atoms with E-state index in [0.29, 0.717) is 117 Å². The molecule has 4 heterocycles. The third-order valence-electron chi connectivity index (χ3n) is 33.3. The number of aliphatic hydroxyl groups is 2. The Morgan fingerprint density at radius 1 is 0.364 bits per heavy atom. The first kappa shape index (κ1) is 64.7. The summed E-state index contributed by atoms with van der Waals surface area (Å²) in [5, 5.41) is 20.5. The molecule has 4 aromatic heterocycles. The fourth-order valence-electron chi connectivity index (χ4n) is 27.9. The highest BCUT2D eigenvalue weighted by molar-refractivity contribution is 5.75. The molecule has 12 unspecified atom stereocenters. The molecule has 110 heavy (non-hydrogen) atoms. The lowest BCUT2D eigenvalue weighted by Crippen LogP contribution is -2.50. The molecule has 10 heteroatoms. The van der Waals surface area contributed by atoms with Crippen LogP contribution in [0.1, 0.15) is 285 Å². The predicted octanol–water partition coefficient (Wildman–Crippen LogP) is 22.7. The van der Waals surface area contributed by atoms with Gasteiger partial charge in [-0.1, -0.05) is 150 Å². The van der Waals surface area contributed by atoms with Crippen LogP contribution >= 0.6 is 0 Å². The third-order valence-corrected chi connectivity index (χ3v) is 33.3. The van der Waals surface area contributed by atoms with Gasteiger partial charge in [0.15, 0.2) is 0 Å². The summed E-state index contributed by atoms with van der Waals surface area (Å²) in [6.45, 7) is 12.8. The minimum Gasteiger partial charge on any atom is -0.462 e. The van der Waals surface area contributed by atoms with Crippen molar-refractivity contribution in [1.82, 2.24) is 19.9 Å². The summed E-state index contributed by atoms with van der Waals surface area (Å²) in [5.41, 5.74) is 13.0. The first-order chi connectivity index (χ1) is 56.9. The Balaban J connectivity index is 0.000000114. The van der Waals surface area contributed by atoms with Crippen LogP contribution in [0.5, 0.6) is 0 Å². The van der Waals surface area contributed by atoms with E-state index in [2.05, 4.69) is 134 Å². The number of rotatable bonds is 6. The topological polar surface area (TPSA) is 145 Å². The van der Waals surface area contributed by atoms with Gasteiger partial charge in [-0.05, 0) is 350 Å². The number of nitrogens with zero attached hydrogens (tertiary/aromatic N) is 4. The van der Waals surface area contributed by atoms with Crippen molar-refractivity contribution in [2.45, 2.75) is 273 Å². The van der Waals surface area contributed by atoms with Crippen molar-refractivity contribution in [3.8, 4) is 0 Å². The molecule has 0 radical (unpaired) electrons. The number of aliphatic hydroxyl groups excluding tert-OH is 2.